The van der Waals surface area contributed by atoms with E-state index in [1.165, 1.54) is 4.90 Å². The Bertz CT molecular complexity index is 308. The van der Waals surface area contributed by atoms with E-state index in [1.54, 1.807) is 7.05 Å². The van der Waals surface area contributed by atoms with E-state index < -0.39 is 11.7 Å². The number of likely N-dealkylation sites (N-methyl/N-ethyl adjacent to an activating group) is 1. The molecule has 5 heteroatoms. The highest BCUT2D eigenvalue weighted by Gasteiger charge is 2.48. The lowest BCUT2D eigenvalue weighted by Crippen LogP contribution is -2.44. The molecule has 1 atom stereocenters. The highest BCUT2D eigenvalue weighted by atomic mass is 16.6. The van der Waals surface area contributed by atoms with Crippen molar-refractivity contribution in [3.63, 3.8) is 0 Å². The number of amides is 2. The van der Waals surface area contributed by atoms with Crippen molar-refractivity contribution in [3.05, 3.63) is 0 Å². The van der Waals surface area contributed by atoms with Gasteiger partial charge in [0, 0.05) is 20.0 Å². The van der Waals surface area contributed by atoms with Crippen LogP contribution in [0.25, 0.3) is 0 Å². The molecule has 1 saturated heterocycles. The molecule has 1 aliphatic rings. The molecule has 0 bridgehead atoms. The zero-order valence-electron chi connectivity index (χ0n) is 7.95. The van der Waals surface area contributed by atoms with E-state index in [1.807, 2.05) is 0 Å². The molecule has 0 aliphatic carbocycles. The molecule has 76 valence electrons. The fraction of sp³-hybridized carbons (Fsp3) is 0.556. The predicted octanol–water partition coefficient (Wildman–Crippen LogP) is -0.294. The average molecular weight is 196 g/mol. The summed E-state index contributed by atoms with van der Waals surface area (Å²) in [6, 6.07) is 0. The molecule has 5 nitrogen and oxygen atoms in total. The summed E-state index contributed by atoms with van der Waals surface area (Å²) in [5.74, 6) is 2.04. The number of carbonyl (C=O) groups is 2. The maximum absolute atomic E-state index is 11.7. The number of terminal acetylenes is 1. The Labute approximate surface area is 82.2 Å². The summed E-state index contributed by atoms with van der Waals surface area (Å²) in [7, 11) is 1.63. The smallest absolute Gasteiger partial charge is 0.405 e. The summed E-state index contributed by atoms with van der Waals surface area (Å²) in [6.45, 7) is 0.522. The molecule has 0 spiro atoms. The van der Waals surface area contributed by atoms with Gasteiger partial charge >= 0.3 is 6.09 Å². The van der Waals surface area contributed by atoms with Crippen molar-refractivity contribution >= 4 is 12.0 Å². The number of likely N-dealkylation sites (tertiary alicyclic amines) is 1. The number of nitrogens with zero attached hydrogens (tertiary/aromatic N) is 1. The highest BCUT2D eigenvalue weighted by molar-refractivity contribution is 5.89. The Hall–Kier alpha value is -1.70. The van der Waals surface area contributed by atoms with Gasteiger partial charge in [-0.2, -0.15) is 0 Å². The third kappa shape index (κ3) is 1.64. The van der Waals surface area contributed by atoms with E-state index in [-0.39, 0.29) is 12.3 Å². The summed E-state index contributed by atoms with van der Waals surface area (Å²) in [4.78, 5) is 23.8. The Morgan fingerprint density at radius 1 is 1.86 bits per heavy atom. The monoisotopic (exact) mass is 196 g/mol. The summed E-state index contributed by atoms with van der Waals surface area (Å²) >= 11 is 0. The van der Waals surface area contributed by atoms with Crippen LogP contribution in [-0.4, -0.2) is 36.1 Å². The average Bonchev–Trinajstić information content (AvgIpc) is 2.34. The van der Waals surface area contributed by atoms with Crippen LogP contribution in [0.4, 0.5) is 4.79 Å². The lowest BCUT2D eigenvalue weighted by Gasteiger charge is -2.23. The quantitative estimate of drug-likeness (QED) is 0.616. The van der Waals surface area contributed by atoms with Gasteiger partial charge in [-0.3, -0.25) is 4.79 Å². The summed E-state index contributed by atoms with van der Waals surface area (Å²) in [6.07, 6.45) is 4.62. The van der Waals surface area contributed by atoms with E-state index in [0.29, 0.717) is 13.0 Å². The van der Waals surface area contributed by atoms with Gasteiger partial charge in [0.1, 0.15) is 0 Å². The van der Waals surface area contributed by atoms with E-state index in [0.717, 1.165) is 0 Å². The minimum atomic E-state index is -1.23. The van der Waals surface area contributed by atoms with Gasteiger partial charge in [0.25, 0.3) is 5.91 Å². The van der Waals surface area contributed by atoms with Crippen LogP contribution in [-0.2, 0) is 9.53 Å². The van der Waals surface area contributed by atoms with Gasteiger partial charge in [0.05, 0.1) is 6.42 Å². The summed E-state index contributed by atoms with van der Waals surface area (Å²) in [5.41, 5.74) is 3.67. The van der Waals surface area contributed by atoms with Gasteiger partial charge in [0.2, 0.25) is 5.60 Å². The Morgan fingerprint density at radius 2 is 2.50 bits per heavy atom. The molecule has 0 aromatic heterocycles. The van der Waals surface area contributed by atoms with Crippen LogP contribution < -0.4 is 5.73 Å². The molecule has 1 fully saturated rings. The van der Waals surface area contributed by atoms with Gasteiger partial charge in [-0.25, -0.2) is 4.79 Å². The van der Waals surface area contributed by atoms with Crippen molar-refractivity contribution in [2.45, 2.75) is 18.4 Å². The van der Waals surface area contributed by atoms with Crippen LogP contribution in [0.1, 0.15) is 12.8 Å². The van der Waals surface area contributed by atoms with Crippen LogP contribution in [0.2, 0.25) is 0 Å². The Kier molecular flexibility index (Phi) is 2.65. The Morgan fingerprint density at radius 3 is 2.86 bits per heavy atom. The molecule has 0 aromatic carbocycles. The number of rotatable bonds is 2. The van der Waals surface area contributed by atoms with Gasteiger partial charge < -0.3 is 15.4 Å². The van der Waals surface area contributed by atoms with Crippen molar-refractivity contribution in [2.24, 2.45) is 5.73 Å². The minimum Gasteiger partial charge on any atom is -0.432 e. The fourth-order valence-corrected chi connectivity index (χ4v) is 1.56. The van der Waals surface area contributed by atoms with Crippen molar-refractivity contribution in [1.82, 2.24) is 4.90 Å². The predicted molar refractivity (Wildman–Crippen MR) is 49.1 cm³/mol. The van der Waals surface area contributed by atoms with Crippen LogP contribution in [0.5, 0.6) is 0 Å². The van der Waals surface area contributed by atoms with Gasteiger partial charge in [-0.15, -0.1) is 12.3 Å². The lowest BCUT2D eigenvalue weighted by molar-refractivity contribution is -0.141. The third-order valence-corrected chi connectivity index (χ3v) is 2.27. The van der Waals surface area contributed by atoms with Crippen molar-refractivity contribution in [2.75, 3.05) is 13.6 Å². The second-order valence-electron chi connectivity index (χ2n) is 3.27. The van der Waals surface area contributed by atoms with E-state index in [4.69, 9.17) is 16.9 Å². The first-order valence-corrected chi connectivity index (χ1v) is 4.19. The second-order valence-corrected chi connectivity index (χ2v) is 3.27. The van der Waals surface area contributed by atoms with Gasteiger partial charge in [-0.05, 0) is 0 Å². The minimum absolute atomic E-state index is 0.0686. The molecule has 1 heterocycles. The molecule has 0 saturated carbocycles. The van der Waals surface area contributed by atoms with Crippen LogP contribution in [0.15, 0.2) is 0 Å². The second kappa shape index (κ2) is 3.58. The molecule has 1 unspecified atom stereocenters. The van der Waals surface area contributed by atoms with Crippen LogP contribution >= 0.6 is 0 Å². The van der Waals surface area contributed by atoms with E-state index in [9.17, 15) is 9.59 Å². The lowest BCUT2D eigenvalue weighted by atomic mass is 9.98. The standard InChI is InChI=1S/C9H12N2O3/c1-3-4-9(14-8(10)13)5-6-11(2)7(9)12/h1H,4-6H2,2H3,(H2,10,13). The molecule has 0 aromatic rings. The fourth-order valence-electron chi connectivity index (χ4n) is 1.56. The molecule has 0 radical (unpaired) electrons. The number of carbonyl (C=O) groups excluding carboxylic acids is 2. The normalized spacial score (nSPS) is 26.0. The zero-order valence-corrected chi connectivity index (χ0v) is 7.95. The first-order valence-electron chi connectivity index (χ1n) is 4.19. The van der Waals surface area contributed by atoms with Crippen LogP contribution in [0.3, 0.4) is 0 Å². The first kappa shape index (κ1) is 10.4. The number of ether oxygens (including phenoxy) is 1. The first-order chi connectivity index (χ1) is 6.52. The molecule has 1 rings (SSSR count). The zero-order chi connectivity index (χ0) is 10.8. The molecule has 2 amide bonds. The largest absolute Gasteiger partial charge is 0.432 e. The maximum atomic E-state index is 11.7. The van der Waals surface area contributed by atoms with Crippen LogP contribution in [0, 0.1) is 12.3 Å². The number of nitrogens with two attached hydrogens (primary N) is 1. The highest BCUT2D eigenvalue weighted by Crippen LogP contribution is 2.29. The van der Waals surface area contributed by atoms with E-state index in [2.05, 4.69) is 5.92 Å². The summed E-state index contributed by atoms with van der Waals surface area (Å²) in [5, 5.41) is 0. The topological polar surface area (TPSA) is 72.6 Å². The molecule has 2 N–H and O–H groups in total. The molecule has 14 heavy (non-hydrogen) atoms. The Balaban J connectivity index is 2.89. The maximum Gasteiger partial charge on any atom is 0.405 e. The van der Waals surface area contributed by atoms with Crippen molar-refractivity contribution in [1.29, 1.82) is 0 Å². The van der Waals surface area contributed by atoms with Crippen molar-refractivity contribution < 1.29 is 14.3 Å². The number of primary amides is 1. The molecular formula is C9H12N2O3. The SMILES string of the molecule is C#CCC1(OC(N)=O)CCN(C)C1=O. The van der Waals surface area contributed by atoms with E-state index >= 15 is 0 Å². The van der Waals surface area contributed by atoms with Gasteiger partial charge in [0.15, 0.2) is 0 Å². The summed E-state index contributed by atoms with van der Waals surface area (Å²) < 4.78 is 4.83. The molecule has 1 aliphatic heterocycles. The number of hydrogen-bond acceptors (Lipinski definition) is 3. The number of hydrogen-bond donors (Lipinski definition) is 1. The van der Waals surface area contributed by atoms with Crippen molar-refractivity contribution in [3.8, 4) is 12.3 Å². The third-order valence-electron chi connectivity index (χ3n) is 2.27. The molecular weight excluding hydrogens is 184 g/mol. The van der Waals surface area contributed by atoms with Gasteiger partial charge in [-0.1, -0.05) is 0 Å².